The second-order valence-electron chi connectivity index (χ2n) is 4.73. The average Bonchev–Trinajstić information content (AvgIpc) is 2.55. The highest BCUT2D eigenvalue weighted by atomic mass is 16.5. The van der Waals surface area contributed by atoms with Crippen LogP contribution in [0.5, 0.6) is 0 Å². The van der Waals surface area contributed by atoms with Crippen LogP contribution in [0.4, 0.5) is 0 Å². The van der Waals surface area contributed by atoms with E-state index in [4.69, 9.17) is 10.00 Å². The standard InChI is InChI=1S/C17H19N3O/c18-12-17-11-16(7-9-20-17)14-21-10-4-8-19-13-15-5-2-1-3-6-15/h1-3,5-7,9,11,19H,4,8,10,13-14H2. The zero-order valence-corrected chi connectivity index (χ0v) is 12.0. The molecule has 0 aliphatic heterocycles. The molecule has 108 valence electrons. The van der Waals surface area contributed by atoms with E-state index < -0.39 is 0 Å². The van der Waals surface area contributed by atoms with Crippen molar-refractivity contribution in [3.8, 4) is 6.07 Å². The normalized spacial score (nSPS) is 10.2. The first kappa shape index (κ1) is 15.2. The maximum Gasteiger partial charge on any atom is 0.140 e. The summed E-state index contributed by atoms with van der Waals surface area (Å²) in [4.78, 5) is 3.93. The van der Waals surface area contributed by atoms with E-state index >= 15 is 0 Å². The zero-order chi connectivity index (χ0) is 14.8. The molecule has 2 rings (SSSR count). The van der Waals surface area contributed by atoms with Crippen LogP contribution < -0.4 is 5.32 Å². The molecule has 2 aromatic rings. The van der Waals surface area contributed by atoms with Crippen molar-refractivity contribution in [1.82, 2.24) is 10.3 Å². The van der Waals surface area contributed by atoms with Gasteiger partial charge in [0.1, 0.15) is 11.8 Å². The fourth-order valence-electron chi connectivity index (χ4n) is 1.94. The second kappa shape index (κ2) is 8.85. The summed E-state index contributed by atoms with van der Waals surface area (Å²) in [5.41, 5.74) is 2.71. The van der Waals surface area contributed by atoms with Crippen LogP contribution in [0.1, 0.15) is 23.2 Å². The molecule has 0 saturated carbocycles. The van der Waals surface area contributed by atoms with Gasteiger partial charge >= 0.3 is 0 Å². The highest BCUT2D eigenvalue weighted by molar-refractivity contribution is 5.24. The van der Waals surface area contributed by atoms with Gasteiger partial charge in [0.15, 0.2) is 0 Å². The smallest absolute Gasteiger partial charge is 0.140 e. The Morgan fingerprint density at radius 1 is 1.14 bits per heavy atom. The Kier molecular flexibility index (Phi) is 6.40. The third-order valence-electron chi connectivity index (χ3n) is 3.02. The van der Waals surface area contributed by atoms with Gasteiger partial charge < -0.3 is 10.1 Å². The number of aromatic nitrogens is 1. The number of nitriles is 1. The van der Waals surface area contributed by atoms with Gasteiger partial charge in [-0.2, -0.15) is 5.26 Å². The predicted octanol–water partition coefficient (Wildman–Crippen LogP) is 2.65. The van der Waals surface area contributed by atoms with E-state index in [1.54, 1.807) is 12.3 Å². The van der Waals surface area contributed by atoms with Gasteiger partial charge in [-0.15, -0.1) is 0 Å². The van der Waals surface area contributed by atoms with E-state index in [1.165, 1.54) is 5.56 Å². The van der Waals surface area contributed by atoms with Crippen LogP contribution in [0, 0.1) is 11.3 Å². The van der Waals surface area contributed by atoms with E-state index in [1.807, 2.05) is 30.3 Å². The van der Waals surface area contributed by atoms with Gasteiger partial charge in [-0.3, -0.25) is 0 Å². The number of hydrogen-bond acceptors (Lipinski definition) is 4. The Morgan fingerprint density at radius 2 is 2.00 bits per heavy atom. The summed E-state index contributed by atoms with van der Waals surface area (Å²) < 4.78 is 5.59. The number of benzene rings is 1. The van der Waals surface area contributed by atoms with Crippen molar-refractivity contribution in [2.45, 2.75) is 19.6 Å². The lowest BCUT2D eigenvalue weighted by molar-refractivity contribution is 0.118. The van der Waals surface area contributed by atoms with Crippen molar-refractivity contribution in [3.05, 3.63) is 65.5 Å². The van der Waals surface area contributed by atoms with Crippen LogP contribution in [0.15, 0.2) is 48.7 Å². The Morgan fingerprint density at radius 3 is 2.81 bits per heavy atom. The monoisotopic (exact) mass is 281 g/mol. The van der Waals surface area contributed by atoms with Crippen LogP contribution >= 0.6 is 0 Å². The molecule has 1 aromatic carbocycles. The third-order valence-corrected chi connectivity index (χ3v) is 3.02. The van der Waals surface area contributed by atoms with Gasteiger partial charge in [0.05, 0.1) is 6.61 Å². The topological polar surface area (TPSA) is 57.9 Å². The van der Waals surface area contributed by atoms with E-state index in [0.29, 0.717) is 18.9 Å². The summed E-state index contributed by atoms with van der Waals surface area (Å²) in [7, 11) is 0. The Balaban J connectivity index is 1.55. The highest BCUT2D eigenvalue weighted by Crippen LogP contribution is 2.03. The van der Waals surface area contributed by atoms with Gasteiger partial charge in [-0.1, -0.05) is 30.3 Å². The first-order valence-electron chi connectivity index (χ1n) is 7.06. The van der Waals surface area contributed by atoms with Crippen LogP contribution in [-0.2, 0) is 17.9 Å². The van der Waals surface area contributed by atoms with Crippen molar-refractivity contribution in [1.29, 1.82) is 5.26 Å². The molecular weight excluding hydrogens is 262 g/mol. The molecule has 1 N–H and O–H groups in total. The molecule has 0 amide bonds. The zero-order valence-electron chi connectivity index (χ0n) is 12.0. The molecule has 0 spiro atoms. The number of ether oxygens (including phenoxy) is 1. The van der Waals surface area contributed by atoms with Crippen molar-refractivity contribution in [2.24, 2.45) is 0 Å². The summed E-state index contributed by atoms with van der Waals surface area (Å²) in [6.45, 7) is 3.04. The van der Waals surface area contributed by atoms with Crippen LogP contribution in [-0.4, -0.2) is 18.1 Å². The minimum absolute atomic E-state index is 0.431. The number of nitrogens with one attached hydrogen (secondary N) is 1. The molecule has 0 fully saturated rings. The van der Waals surface area contributed by atoms with E-state index in [9.17, 15) is 0 Å². The summed E-state index contributed by atoms with van der Waals surface area (Å²) in [6, 6.07) is 16.0. The lowest BCUT2D eigenvalue weighted by atomic mass is 10.2. The number of pyridine rings is 1. The lowest BCUT2D eigenvalue weighted by Gasteiger charge is -2.06. The van der Waals surface area contributed by atoms with Gasteiger partial charge in [-0.05, 0) is 36.2 Å². The molecule has 0 unspecified atom stereocenters. The molecule has 0 atom stereocenters. The minimum atomic E-state index is 0.431. The van der Waals surface area contributed by atoms with Gasteiger partial charge in [0, 0.05) is 19.3 Å². The lowest BCUT2D eigenvalue weighted by Crippen LogP contribution is -2.16. The highest BCUT2D eigenvalue weighted by Gasteiger charge is 1.97. The van der Waals surface area contributed by atoms with Crippen LogP contribution in [0.25, 0.3) is 0 Å². The predicted molar refractivity (Wildman–Crippen MR) is 81.4 cm³/mol. The van der Waals surface area contributed by atoms with Crippen molar-refractivity contribution in [2.75, 3.05) is 13.2 Å². The number of rotatable bonds is 8. The molecule has 0 aliphatic carbocycles. The van der Waals surface area contributed by atoms with Gasteiger partial charge in [0.2, 0.25) is 0 Å². The number of hydrogen-bond donors (Lipinski definition) is 1. The molecule has 0 aliphatic rings. The van der Waals surface area contributed by atoms with Crippen LogP contribution in [0.2, 0.25) is 0 Å². The Labute approximate surface area is 125 Å². The first-order chi connectivity index (χ1) is 10.4. The molecule has 21 heavy (non-hydrogen) atoms. The molecule has 1 aromatic heterocycles. The molecule has 4 nitrogen and oxygen atoms in total. The summed E-state index contributed by atoms with van der Waals surface area (Å²) in [6.07, 6.45) is 2.60. The van der Waals surface area contributed by atoms with Crippen molar-refractivity contribution in [3.63, 3.8) is 0 Å². The molecule has 0 saturated heterocycles. The van der Waals surface area contributed by atoms with Crippen molar-refractivity contribution >= 4 is 0 Å². The molecule has 0 radical (unpaired) electrons. The summed E-state index contributed by atoms with van der Waals surface area (Å²) >= 11 is 0. The van der Waals surface area contributed by atoms with Gasteiger partial charge in [-0.25, -0.2) is 4.98 Å². The Hall–Kier alpha value is -2.22. The maximum atomic E-state index is 8.76. The van der Waals surface area contributed by atoms with E-state index in [0.717, 1.165) is 25.1 Å². The van der Waals surface area contributed by atoms with Gasteiger partial charge in [0.25, 0.3) is 0 Å². The summed E-state index contributed by atoms with van der Waals surface area (Å²) in [5.74, 6) is 0. The third kappa shape index (κ3) is 5.74. The SMILES string of the molecule is N#Cc1cc(COCCCNCc2ccccc2)ccn1. The maximum absolute atomic E-state index is 8.76. The molecule has 1 heterocycles. The fourth-order valence-corrected chi connectivity index (χ4v) is 1.94. The molecule has 4 heteroatoms. The van der Waals surface area contributed by atoms with Crippen LogP contribution in [0.3, 0.4) is 0 Å². The quantitative estimate of drug-likeness (QED) is 0.756. The minimum Gasteiger partial charge on any atom is -0.377 e. The Bertz CT molecular complexity index is 578. The number of nitrogens with zero attached hydrogens (tertiary/aromatic N) is 2. The summed E-state index contributed by atoms with van der Waals surface area (Å²) in [5, 5.41) is 12.1. The largest absolute Gasteiger partial charge is 0.377 e. The van der Waals surface area contributed by atoms with E-state index in [2.05, 4.69) is 22.4 Å². The van der Waals surface area contributed by atoms with E-state index in [-0.39, 0.29) is 0 Å². The fraction of sp³-hybridized carbons (Fsp3) is 0.294. The second-order valence-corrected chi connectivity index (χ2v) is 4.73. The first-order valence-corrected chi connectivity index (χ1v) is 7.06. The molecular formula is C17H19N3O. The van der Waals surface area contributed by atoms with Crippen molar-refractivity contribution < 1.29 is 4.74 Å². The average molecular weight is 281 g/mol. The molecule has 0 bridgehead atoms.